The number of carbonyl (C=O) groups excluding carboxylic acids is 1. The van der Waals surface area contributed by atoms with Crippen LogP contribution in [0.3, 0.4) is 0 Å². The third-order valence-corrected chi connectivity index (χ3v) is 3.99. The van der Waals surface area contributed by atoms with Gasteiger partial charge in [0, 0.05) is 0 Å². The molecule has 1 atom stereocenters. The van der Waals surface area contributed by atoms with Crippen LogP contribution in [0, 0.1) is 5.82 Å². The van der Waals surface area contributed by atoms with Crippen LogP contribution in [0.25, 0.3) is 16.6 Å². The lowest BCUT2D eigenvalue weighted by molar-refractivity contribution is 0.110. The average molecular weight is 362 g/mol. The van der Waals surface area contributed by atoms with Gasteiger partial charge in [-0.1, -0.05) is 29.8 Å². The number of benzene rings is 2. The molecule has 8 heteroatoms. The molecule has 3 rings (SSSR count). The number of para-hydroxylation sites is 1. The SMILES string of the molecule is C[C@H](OC(N)=O)c1nc2ccc(F)c(Cl)c2c(=O)n1-c1ccccc1. The van der Waals surface area contributed by atoms with E-state index in [0.29, 0.717) is 5.69 Å². The van der Waals surface area contributed by atoms with Crippen molar-refractivity contribution in [3.8, 4) is 5.69 Å². The maximum atomic E-state index is 13.8. The Balaban J connectivity index is 2.39. The zero-order chi connectivity index (χ0) is 18.1. The topological polar surface area (TPSA) is 87.2 Å². The number of halogens is 2. The Hall–Kier alpha value is -2.93. The van der Waals surface area contributed by atoms with Gasteiger partial charge in [0.05, 0.1) is 21.6 Å². The summed E-state index contributed by atoms with van der Waals surface area (Å²) in [6, 6.07) is 11.0. The van der Waals surface area contributed by atoms with Crippen molar-refractivity contribution in [1.29, 1.82) is 0 Å². The standard InChI is InChI=1S/C17H13ClFN3O3/c1-9(25-17(20)24)15-21-12-8-7-11(19)14(18)13(12)16(23)22(15)10-5-3-2-4-6-10/h2-9H,1H3,(H2,20,24)/t9-/m0/s1. The van der Waals surface area contributed by atoms with E-state index in [1.807, 2.05) is 0 Å². The Morgan fingerprint density at radius 2 is 1.96 bits per heavy atom. The summed E-state index contributed by atoms with van der Waals surface area (Å²) in [7, 11) is 0. The van der Waals surface area contributed by atoms with E-state index in [1.165, 1.54) is 17.6 Å². The maximum absolute atomic E-state index is 13.8. The highest BCUT2D eigenvalue weighted by atomic mass is 35.5. The second-order valence-electron chi connectivity index (χ2n) is 5.28. The molecule has 6 nitrogen and oxygen atoms in total. The molecule has 0 radical (unpaired) electrons. The lowest BCUT2D eigenvalue weighted by atomic mass is 10.2. The smallest absolute Gasteiger partial charge is 0.405 e. The molecular formula is C17H13ClFN3O3. The molecule has 1 heterocycles. The highest BCUT2D eigenvalue weighted by molar-refractivity contribution is 6.35. The highest BCUT2D eigenvalue weighted by Crippen LogP contribution is 2.26. The van der Waals surface area contributed by atoms with Crippen molar-refractivity contribution in [2.45, 2.75) is 13.0 Å². The predicted octanol–water partition coefficient (Wildman–Crippen LogP) is 3.33. The van der Waals surface area contributed by atoms with Crippen LogP contribution in [0.4, 0.5) is 9.18 Å². The second kappa shape index (κ2) is 6.52. The average Bonchev–Trinajstić information content (AvgIpc) is 2.58. The number of aromatic nitrogens is 2. The lowest BCUT2D eigenvalue weighted by Crippen LogP contribution is -2.28. The summed E-state index contributed by atoms with van der Waals surface area (Å²) in [4.78, 5) is 28.5. The number of carbonyl (C=O) groups is 1. The van der Waals surface area contributed by atoms with Crippen molar-refractivity contribution < 1.29 is 13.9 Å². The van der Waals surface area contributed by atoms with Crippen LogP contribution in [0.2, 0.25) is 5.02 Å². The van der Waals surface area contributed by atoms with Crippen LogP contribution in [0.15, 0.2) is 47.3 Å². The molecule has 3 aromatic rings. The van der Waals surface area contributed by atoms with Gasteiger partial charge in [0.1, 0.15) is 5.82 Å². The number of fused-ring (bicyclic) bond motifs is 1. The van der Waals surface area contributed by atoms with E-state index >= 15 is 0 Å². The predicted molar refractivity (Wildman–Crippen MR) is 91.4 cm³/mol. The van der Waals surface area contributed by atoms with E-state index in [9.17, 15) is 14.0 Å². The van der Waals surface area contributed by atoms with E-state index in [1.54, 1.807) is 30.3 Å². The van der Waals surface area contributed by atoms with Crippen LogP contribution >= 0.6 is 11.6 Å². The molecule has 0 bridgehead atoms. The van der Waals surface area contributed by atoms with Gasteiger partial charge >= 0.3 is 6.09 Å². The summed E-state index contributed by atoms with van der Waals surface area (Å²) in [5.74, 6) is -0.577. The Morgan fingerprint density at radius 3 is 2.60 bits per heavy atom. The fraction of sp³-hybridized carbons (Fsp3) is 0.118. The van der Waals surface area contributed by atoms with Gasteiger partial charge in [0.25, 0.3) is 5.56 Å². The van der Waals surface area contributed by atoms with Crippen LogP contribution in [-0.2, 0) is 4.74 Å². The number of hydrogen-bond acceptors (Lipinski definition) is 4. The Kier molecular flexibility index (Phi) is 4.41. The third-order valence-electron chi connectivity index (χ3n) is 3.62. The lowest BCUT2D eigenvalue weighted by Gasteiger charge is -2.18. The zero-order valence-corrected chi connectivity index (χ0v) is 13.8. The van der Waals surface area contributed by atoms with Crippen molar-refractivity contribution in [2.75, 3.05) is 0 Å². The van der Waals surface area contributed by atoms with Gasteiger partial charge in [-0.05, 0) is 31.2 Å². The first-order valence-electron chi connectivity index (χ1n) is 7.32. The van der Waals surface area contributed by atoms with Gasteiger partial charge in [-0.25, -0.2) is 14.2 Å². The van der Waals surface area contributed by atoms with Gasteiger partial charge in [-0.3, -0.25) is 9.36 Å². The molecule has 0 aliphatic rings. The molecule has 0 aliphatic carbocycles. The number of rotatable bonds is 3. The normalized spacial score (nSPS) is 12.1. The molecule has 0 fully saturated rings. The van der Waals surface area contributed by atoms with Crippen molar-refractivity contribution in [2.24, 2.45) is 5.73 Å². The van der Waals surface area contributed by atoms with Crippen LogP contribution < -0.4 is 11.3 Å². The van der Waals surface area contributed by atoms with E-state index in [4.69, 9.17) is 22.1 Å². The Morgan fingerprint density at radius 1 is 1.28 bits per heavy atom. The molecule has 25 heavy (non-hydrogen) atoms. The quantitative estimate of drug-likeness (QED) is 0.775. The van der Waals surface area contributed by atoms with Gasteiger partial charge in [-0.15, -0.1) is 0 Å². The van der Waals surface area contributed by atoms with E-state index in [2.05, 4.69) is 4.98 Å². The summed E-state index contributed by atoms with van der Waals surface area (Å²) in [6.45, 7) is 1.53. The monoisotopic (exact) mass is 361 g/mol. The number of primary amides is 1. The van der Waals surface area contributed by atoms with Crippen LogP contribution in [0.1, 0.15) is 18.9 Å². The molecule has 0 saturated heterocycles. The van der Waals surface area contributed by atoms with Crippen molar-refractivity contribution in [3.05, 3.63) is 69.5 Å². The first-order chi connectivity index (χ1) is 11.9. The molecule has 2 aromatic carbocycles. The van der Waals surface area contributed by atoms with Gasteiger partial charge < -0.3 is 10.5 Å². The summed E-state index contributed by atoms with van der Waals surface area (Å²) < 4.78 is 20.0. The van der Waals surface area contributed by atoms with Gasteiger partial charge in [0.2, 0.25) is 0 Å². The highest BCUT2D eigenvalue weighted by Gasteiger charge is 2.22. The van der Waals surface area contributed by atoms with Crippen molar-refractivity contribution in [1.82, 2.24) is 9.55 Å². The molecule has 0 spiro atoms. The molecule has 2 N–H and O–H groups in total. The van der Waals surface area contributed by atoms with Gasteiger partial charge in [0.15, 0.2) is 11.9 Å². The first kappa shape index (κ1) is 16.9. The minimum Gasteiger partial charge on any atom is -0.439 e. The molecule has 0 unspecified atom stereocenters. The summed E-state index contributed by atoms with van der Waals surface area (Å²) >= 11 is 5.97. The molecular weight excluding hydrogens is 349 g/mol. The van der Waals surface area contributed by atoms with Crippen LogP contribution in [-0.4, -0.2) is 15.6 Å². The van der Waals surface area contributed by atoms with Crippen molar-refractivity contribution >= 4 is 28.6 Å². The number of hydrogen-bond donors (Lipinski definition) is 1. The fourth-order valence-electron chi connectivity index (χ4n) is 2.55. The number of nitrogens with zero attached hydrogens (tertiary/aromatic N) is 2. The molecule has 0 aliphatic heterocycles. The Labute approximate surface area is 146 Å². The van der Waals surface area contributed by atoms with Gasteiger partial charge in [-0.2, -0.15) is 0 Å². The second-order valence-corrected chi connectivity index (χ2v) is 5.66. The first-order valence-corrected chi connectivity index (χ1v) is 7.70. The summed E-state index contributed by atoms with van der Waals surface area (Å²) in [5, 5.41) is -0.366. The number of ether oxygens (including phenoxy) is 1. The molecule has 1 amide bonds. The third kappa shape index (κ3) is 3.06. The largest absolute Gasteiger partial charge is 0.439 e. The van der Waals surface area contributed by atoms with E-state index in [-0.39, 0.29) is 21.7 Å². The number of amides is 1. The molecule has 1 aromatic heterocycles. The molecule has 128 valence electrons. The zero-order valence-electron chi connectivity index (χ0n) is 13.1. The fourth-order valence-corrected chi connectivity index (χ4v) is 2.79. The minimum atomic E-state index is -1.00. The number of nitrogens with two attached hydrogens (primary N) is 1. The van der Waals surface area contributed by atoms with Crippen LogP contribution in [0.5, 0.6) is 0 Å². The maximum Gasteiger partial charge on any atom is 0.405 e. The molecule has 0 saturated carbocycles. The van der Waals surface area contributed by atoms with E-state index < -0.39 is 23.6 Å². The van der Waals surface area contributed by atoms with E-state index in [0.717, 1.165) is 6.07 Å². The minimum absolute atomic E-state index is 0.0551. The summed E-state index contributed by atoms with van der Waals surface area (Å²) in [5.41, 5.74) is 5.16. The van der Waals surface area contributed by atoms with Crippen molar-refractivity contribution in [3.63, 3.8) is 0 Å². The Bertz CT molecular complexity index is 1020. The summed E-state index contributed by atoms with van der Waals surface area (Å²) in [6.07, 6.45) is -1.91.